The van der Waals surface area contributed by atoms with Crippen LogP contribution in [-0.4, -0.2) is 26.1 Å². The van der Waals surface area contributed by atoms with Crippen LogP contribution in [0, 0.1) is 11.3 Å². The minimum Gasteiger partial charge on any atom is -0.364 e. The molecule has 0 saturated heterocycles. The van der Waals surface area contributed by atoms with Gasteiger partial charge in [-0.15, -0.1) is 11.6 Å². The first-order chi connectivity index (χ1) is 7.98. The van der Waals surface area contributed by atoms with Crippen LogP contribution in [0.5, 0.6) is 0 Å². The van der Waals surface area contributed by atoms with E-state index >= 15 is 0 Å². The quantitative estimate of drug-likeness (QED) is 0.773. The number of rotatable bonds is 4. The van der Waals surface area contributed by atoms with Crippen molar-refractivity contribution < 1.29 is 9.59 Å². The number of nitrogens with two attached hydrogens (primary N) is 1. The van der Waals surface area contributed by atoms with E-state index in [0.717, 1.165) is 0 Å². The lowest BCUT2D eigenvalue weighted by atomic mass is 10.2. The van der Waals surface area contributed by atoms with E-state index in [0.29, 0.717) is 12.8 Å². The molecular weight excluding hydrogens is 244 g/mol. The summed E-state index contributed by atoms with van der Waals surface area (Å²) >= 11 is 5.95. The SMILES string of the molecule is N#Cc1c(C(N)=O)ncn1CC(=O)C1(Cl)CC1. The fraction of sp³-hybridized carbons (Fsp3) is 0.400. The number of hydrogen-bond acceptors (Lipinski definition) is 4. The van der Waals surface area contributed by atoms with Gasteiger partial charge in [-0.1, -0.05) is 0 Å². The maximum atomic E-state index is 11.7. The van der Waals surface area contributed by atoms with Crippen molar-refractivity contribution in [3.63, 3.8) is 0 Å². The maximum Gasteiger partial charge on any atom is 0.270 e. The highest BCUT2D eigenvalue weighted by Gasteiger charge is 2.47. The van der Waals surface area contributed by atoms with Crippen LogP contribution < -0.4 is 5.73 Å². The molecule has 1 aromatic rings. The second-order valence-electron chi connectivity index (χ2n) is 3.93. The van der Waals surface area contributed by atoms with Gasteiger partial charge in [0, 0.05) is 0 Å². The highest BCUT2D eigenvalue weighted by molar-refractivity contribution is 6.37. The highest BCUT2D eigenvalue weighted by Crippen LogP contribution is 2.43. The van der Waals surface area contributed by atoms with Crippen LogP contribution >= 0.6 is 11.6 Å². The van der Waals surface area contributed by atoms with Crippen molar-refractivity contribution in [2.24, 2.45) is 5.73 Å². The van der Waals surface area contributed by atoms with Crippen LogP contribution in [0.1, 0.15) is 29.0 Å². The van der Waals surface area contributed by atoms with Gasteiger partial charge >= 0.3 is 0 Å². The standard InChI is InChI=1S/C10H9ClN4O2/c11-10(1-2-10)7(16)4-15-5-14-8(9(13)17)6(15)3-12/h5H,1-2,4H2,(H2,13,17). The van der Waals surface area contributed by atoms with Gasteiger partial charge in [0.25, 0.3) is 5.91 Å². The molecule has 2 N–H and O–H groups in total. The molecule has 1 aromatic heterocycles. The second-order valence-corrected chi connectivity index (χ2v) is 4.66. The Morgan fingerprint density at radius 2 is 2.29 bits per heavy atom. The molecule has 6 nitrogen and oxygen atoms in total. The zero-order chi connectivity index (χ0) is 12.6. The third-order valence-electron chi connectivity index (χ3n) is 2.68. The van der Waals surface area contributed by atoms with E-state index < -0.39 is 10.8 Å². The van der Waals surface area contributed by atoms with E-state index in [9.17, 15) is 9.59 Å². The predicted molar refractivity (Wildman–Crippen MR) is 58.3 cm³/mol. The molecule has 1 aliphatic carbocycles. The summed E-state index contributed by atoms with van der Waals surface area (Å²) in [6.07, 6.45) is 2.54. The summed E-state index contributed by atoms with van der Waals surface area (Å²) in [6, 6.07) is 1.81. The zero-order valence-electron chi connectivity index (χ0n) is 8.81. The Bertz CT molecular complexity index is 539. The van der Waals surface area contributed by atoms with Crippen molar-refractivity contribution >= 4 is 23.3 Å². The molecule has 7 heteroatoms. The number of nitriles is 1. The van der Waals surface area contributed by atoms with E-state index in [1.54, 1.807) is 0 Å². The molecule has 0 bridgehead atoms. The van der Waals surface area contributed by atoms with Crippen LogP contribution in [0.15, 0.2) is 6.33 Å². The molecule has 1 saturated carbocycles. The van der Waals surface area contributed by atoms with Crippen molar-refractivity contribution in [1.29, 1.82) is 5.26 Å². The third kappa shape index (κ3) is 2.01. The number of nitrogens with zero attached hydrogens (tertiary/aromatic N) is 3. The van der Waals surface area contributed by atoms with Crippen molar-refractivity contribution in [1.82, 2.24) is 9.55 Å². The number of imidazole rings is 1. The van der Waals surface area contributed by atoms with Crippen molar-refractivity contribution in [3.05, 3.63) is 17.7 Å². The summed E-state index contributed by atoms with van der Waals surface area (Å²) in [5, 5.41) is 8.91. The molecule has 0 atom stereocenters. The number of primary amides is 1. The van der Waals surface area contributed by atoms with Gasteiger partial charge < -0.3 is 10.3 Å². The average molecular weight is 253 g/mol. The highest BCUT2D eigenvalue weighted by atomic mass is 35.5. The number of aromatic nitrogens is 2. The number of Topliss-reactive ketones (excluding diaryl/α,β-unsaturated/α-hetero) is 1. The largest absolute Gasteiger partial charge is 0.364 e. The number of amides is 1. The molecule has 1 fully saturated rings. The Labute approximate surface area is 102 Å². The van der Waals surface area contributed by atoms with E-state index in [1.165, 1.54) is 10.9 Å². The smallest absolute Gasteiger partial charge is 0.270 e. The summed E-state index contributed by atoms with van der Waals surface area (Å²) in [4.78, 5) is 25.6. The van der Waals surface area contributed by atoms with E-state index in [2.05, 4.69) is 4.98 Å². The van der Waals surface area contributed by atoms with Crippen molar-refractivity contribution in [2.75, 3.05) is 0 Å². The first-order valence-corrected chi connectivity index (χ1v) is 5.33. The normalized spacial score (nSPS) is 16.2. The lowest BCUT2D eigenvalue weighted by Gasteiger charge is -2.06. The molecule has 88 valence electrons. The van der Waals surface area contributed by atoms with E-state index in [1.807, 2.05) is 6.07 Å². The number of halogens is 1. The van der Waals surface area contributed by atoms with Gasteiger partial charge in [0.15, 0.2) is 17.2 Å². The van der Waals surface area contributed by atoms with Gasteiger partial charge in [0.2, 0.25) is 0 Å². The lowest BCUT2D eigenvalue weighted by Crippen LogP contribution is -2.22. The Morgan fingerprint density at radius 1 is 1.65 bits per heavy atom. The summed E-state index contributed by atoms with van der Waals surface area (Å²) in [5.74, 6) is -0.969. The van der Waals surface area contributed by atoms with Gasteiger partial charge in [-0.25, -0.2) is 4.98 Å². The fourth-order valence-corrected chi connectivity index (χ4v) is 1.64. The Balaban J connectivity index is 2.25. The number of ketones is 1. The summed E-state index contributed by atoms with van der Waals surface area (Å²) in [7, 11) is 0. The van der Waals surface area contributed by atoms with Crippen LogP contribution in [0.3, 0.4) is 0 Å². The Morgan fingerprint density at radius 3 is 2.76 bits per heavy atom. The molecule has 1 heterocycles. The average Bonchev–Trinajstić information content (AvgIpc) is 2.90. The molecule has 0 aromatic carbocycles. The summed E-state index contributed by atoms with van der Waals surface area (Å²) in [6.45, 7) is -0.0628. The molecule has 0 unspecified atom stereocenters. The molecule has 0 aliphatic heterocycles. The number of carbonyl (C=O) groups is 2. The van der Waals surface area contributed by atoms with Gasteiger partial charge in [0.1, 0.15) is 10.9 Å². The van der Waals surface area contributed by atoms with Gasteiger partial charge in [0.05, 0.1) is 12.9 Å². The number of carbonyl (C=O) groups excluding carboxylic acids is 2. The second kappa shape index (κ2) is 3.86. The fourth-order valence-electron chi connectivity index (χ4n) is 1.48. The first-order valence-electron chi connectivity index (χ1n) is 4.95. The van der Waals surface area contributed by atoms with Gasteiger partial charge in [-0.2, -0.15) is 5.26 Å². The lowest BCUT2D eigenvalue weighted by molar-refractivity contribution is -0.120. The molecule has 17 heavy (non-hydrogen) atoms. The molecule has 2 rings (SSSR count). The molecule has 1 aliphatic rings. The number of hydrogen-bond donors (Lipinski definition) is 1. The van der Waals surface area contributed by atoms with Crippen LogP contribution in [0.2, 0.25) is 0 Å². The molecular formula is C10H9ClN4O2. The van der Waals surface area contributed by atoms with Gasteiger partial charge in [-0.05, 0) is 12.8 Å². The van der Waals surface area contributed by atoms with Crippen LogP contribution in [-0.2, 0) is 11.3 Å². The van der Waals surface area contributed by atoms with Crippen LogP contribution in [0.25, 0.3) is 0 Å². The summed E-state index contributed by atoms with van der Waals surface area (Å²) < 4.78 is 1.30. The topological polar surface area (TPSA) is 102 Å². The zero-order valence-corrected chi connectivity index (χ0v) is 9.57. The third-order valence-corrected chi connectivity index (χ3v) is 3.27. The maximum absolute atomic E-state index is 11.7. The molecule has 0 spiro atoms. The van der Waals surface area contributed by atoms with Crippen LogP contribution in [0.4, 0.5) is 0 Å². The molecule has 1 amide bonds. The Hall–Kier alpha value is -1.87. The Kier molecular flexibility index (Phi) is 2.63. The monoisotopic (exact) mass is 252 g/mol. The minimum atomic E-state index is -0.792. The molecule has 0 radical (unpaired) electrons. The summed E-state index contributed by atoms with van der Waals surface area (Å²) in [5.41, 5.74) is 4.92. The van der Waals surface area contributed by atoms with E-state index in [4.69, 9.17) is 22.6 Å². The van der Waals surface area contributed by atoms with Crippen molar-refractivity contribution in [3.8, 4) is 6.07 Å². The first kappa shape index (κ1) is 11.6. The van der Waals surface area contributed by atoms with E-state index in [-0.39, 0.29) is 23.7 Å². The van der Waals surface area contributed by atoms with Gasteiger partial charge in [-0.3, -0.25) is 9.59 Å². The number of alkyl halides is 1. The van der Waals surface area contributed by atoms with Crippen molar-refractivity contribution in [2.45, 2.75) is 24.3 Å². The predicted octanol–water partition coefficient (Wildman–Crippen LogP) is 0.194. The minimum absolute atomic E-state index is 0.00762.